The standard InChI is InChI=1S/C24H39N3O2/c1-17(24-14-18-11-19(15-24)13-20(12-18)16-24)10-22(28)25-7-5-9-27-8-4-6-21(27)23(29)26(2)3/h10,18-21H,4-9,11-16H2,1-3H3,(H,25,28)/b17-10-. The van der Waals surface area contributed by atoms with Gasteiger partial charge in [0.15, 0.2) is 0 Å². The summed E-state index contributed by atoms with van der Waals surface area (Å²) in [6.45, 7) is 4.75. The number of amides is 2. The quantitative estimate of drug-likeness (QED) is 0.526. The second-order valence-corrected chi connectivity index (χ2v) is 10.6. The Morgan fingerprint density at radius 3 is 2.31 bits per heavy atom. The van der Waals surface area contributed by atoms with Crippen molar-refractivity contribution in [2.24, 2.45) is 23.2 Å². The van der Waals surface area contributed by atoms with Gasteiger partial charge >= 0.3 is 0 Å². The molecule has 1 aliphatic heterocycles. The number of carbonyl (C=O) groups is 2. The van der Waals surface area contributed by atoms with Crippen LogP contribution in [0, 0.1) is 23.2 Å². The molecule has 5 nitrogen and oxygen atoms in total. The summed E-state index contributed by atoms with van der Waals surface area (Å²) in [6, 6.07) is 0.0268. The summed E-state index contributed by atoms with van der Waals surface area (Å²) in [5, 5.41) is 3.10. The molecule has 1 N–H and O–H groups in total. The van der Waals surface area contributed by atoms with Crippen LogP contribution in [-0.4, -0.2) is 61.4 Å². The Morgan fingerprint density at radius 2 is 1.72 bits per heavy atom. The highest BCUT2D eigenvalue weighted by Crippen LogP contribution is 2.62. The van der Waals surface area contributed by atoms with E-state index in [1.807, 2.05) is 20.2 Å². The fourth-order valence-corrected chi connectivity index (χ4v) is 7.16. The van der Waals surface area contributed by atoms with Gasteiger partial charge < -0.3 is 10.2 Å². The Labute approximate surface area is 176 Å². The Kier molecular flexibility index (Phi) is 6.06. The van der Waals surface area contributed by atoms with Crippen molar-refractivity contribution in [2.75, 3.05) is 33.7 Å². The second-order valence-electron chi connectivity index (χ2n) is 10.6. The summed E-state index contributed by atoms with van der Waals surface area (Å²) in [6.07, 6.45) is 13.1. The number of likely N-dealkylation sites (N-methyl/N-ethyl adjacent to an activating group) is 1. The lowest BCUT2D eigenvalue weighted by Crippen LogP contribution is -2.46. The zero-order valence-corrected chi connectivity index (χ0v) is 18.6. The number of rotatable bonds is 7. The van der Waals surface area contributed by atoms with Crippen molar-refractivity contribution < 1.29 is 9.59 Å². The van der Waals surface area contributed by atoms with E-state index in [1.165, 1.54) is 44.1 Å². The molecular weight excluding hydrogens is 362 g/mol. The third kappa shape index (κ3) is 4.40. The first kappa shape index (κ1) is 20.9. The molecule has 5 heteroatoms. The van der Waals surface area contributed by atoms with Crippen LogP contribution in [0.15, 0.2) is 11.6 Å². The Hall–Kier alpha value is -1.36. The van der Waals surface area contributed by atoms with Crippen molar-refractivity contribution in [1.82, 2.24) is 15.1 Å². The average molecular weight is 402 g/mol. The molecule has 2 amide bonds. The van der Waals surface area contributed by atoms with Gasteiger partial charge in [-0.15, -0.1) is 0 Å². The minimum Gasteiger partial charge on any atom is -0.353 e. The van der Waals surface area contributed by atoms with E-state index in [4.69, 9.17) is 0 Å². The largest absolute Gasteiger partial charge is 0.353 e. The normalized spacial score (nSPS) is 36.4. The Balaban J connectivity index is 1.24. The van der Waals surface area contributed by atoms with Crippen molar-refractivity contribution in [3.05, 3.63) is 11.6 Å². The summed E-state index contributed by atoms with van der Waals surface area (Å²) in [5.74, 6) is 3.00. The SMILES string of the molecule is C/C(=C/C(=O)NCCCN1CCCC1C(=O)N(C)C)C12CC3CC(CC(C3)C1)C2. The van der Waals surface area contributed by atoms with Gasteiger partial charge in [-0.25, -0.2) is 0 Å². The third-order valence-corrected chi connectivity index (χ3v) is 8.23. The minimum absolute atomic E-state index is 0.0268. The molecule has 1 heterocycles. The minimum atomic E-state index is 0.0268. The lowest BCUT2D eigenvalue weighted by Gasteiger charge is -2.57. The van der Waals surface area contributed by atoms with E-state index in [0.29, 0.717) is 12.0 Å². The Morgan fingerprint density at radius 1 is 1.10 bits per heavy atom. The van der Waals surface area contributed by atoms with Crippen LogP contribution in [-0.2, 0) is 9.59 Å². The molecule has 0 aromatic rings. The molecule has 4 saturated carbocycles. The zero-order valence-electron chi connectivity index (χ0n) is 18.6. The summed E-state index contributed by atoms with van der Waals surface area (Å²) in [4.78, 5) is 28.8. The molecular formula is C24H39N3O2. The van der Waals surface area contributed by atoms with Crippen molar-refractivity contribution in [1.29, 1.82) is 0 Å². The molecule has 4 bridgehead atoms. The molecule has 162 valence electrons. The molecule has 0 spiro atoms. The van der Waals surface area contributed by atoms with Crippen molar-refractivity contribution in [3.63, 3.8) is 0 Å². The first-order valence-electron chi connectivity index (χ1n) is 11.8. The van der Waals surface area contributed by atoms with Crippen LogP contribution in [0.25, 0.3) is 0 Å². The van der Waals surface area contributed by atoms with Gasteiger partial charge in [-0.2, -0.15) is 0 Å². The van der Waals surface area contributed by atoms with Gasteiger partial charge in [0, 0.05) is 33.3 Å². The van der Waals surface area contributed by atoms with E-state index in [0.717, 1.165) is 50.1 Å². The van der Waals surface area contributed by atoms with E-state index < -0.39 is 0 Å². The maximum Gasteiger partial charge on any atom is 0.243 e. The smallest absolute Gasteiger partial charge is 0.243 e. The fraction of sp³-hybridized carbons (Fsp3) is 0.833. The molecule has 5 rings (SSSR count). The molecule has 5 aliphatic rings. The van der Waals surface area contributed by atoms with Crippen LogP contribution in [0.5, 0.6) is 0 Å². The summed E-state index contributed by atoms with van der Waals surface area (Å²) in [7, 11) is 3.66. The summed E-state index contributed by atoms with van der Waals surface area (Å²) < 4.78 is 0. The van der Waals surface area contributed by atoms with Crippen LogP contribution in [0.3, 0.4) is 0 Å². The molecule has 29 heavy (non-hydrogen) atoms. The highest BCUT2D eigenvalue weighted by molar-refractivity contribution is 5.88. The van der Waals surface area contributed by atoms with Gasteiger partial charge in [-0.1, -0.05) is 5.57 Å². The molecule has 1 saturated heterocycles. The van der Waals surface area contributed by atoms with Gasteiger partial charge in [0.25, 0.3) is 0 Å². The molecule has 1 atom stereocenters. The van der Waals surface area contributed by atoms with Crippen LogP contribution < -0.4 is 5.32 Å². The second kappa shape index (κ2) is 8.41. The number of hydrogen-bond acceptors (Lipinski definition) is 3. The maximum absolute atomic E-state index is 12.5. The molecule has 5 fully saturated rings. The molecule has 0 radical (unpaired) electrons. The maximum atomic E-state index is 12.5. The van der Waals surface area contributed by atoms with E-state index in [9.17, 15) is 9.59 Å². The monoisotopic (exact) mass is 401 g/mol. The van der Waals surface area contributed by atoms with Gasteiger partial charge in [0.1, 0.15) is 0 Å². The molecule has 1 unspecified atom stereocenters. The van der Waals surface area contributed by atoms with Gasteiger partial charge in [0.2, 0.25) is 11.8 Å². The highest BCUT2D eigenvalue weighted by Gasteiger charge is 2.51. The predicted octanol–water partition coefficient (Wildman–Crippen LogP) is 3.21. The number of allylic oxidation sites excluding steroid dienone is 1. The zero-order chi connectivity index (χ0) is 20.6. The topological polar surface area (TPSA) is 52.7 Å². The first-order chi connectivity index (χ1) is 13.9. The lowest BCUT2D eigenvalue weighted by atomic mass is 9.48. The molecule has 0 aromatic heterocycles. The van der Waals surface area contributed by atoms with Crippen molar-refractivity contribution in [3.8, 4) is 0 Å². The van der Waals surface area contributed by atoms with Crippen LogP contribution in [0.1, 0.15) is 64.7 Å². The number of nitrogens with one attached hydrogen (secondary N) is 1. The van der Waals surface area contributed by atoms with E-state index in [1.54, 1.807) is 4.90 Å². The molecule has 0 aromatic carbocycles. The van der Waals surface area contributed by atoms with Gasteiger partial charge in [-0.3, -0.25) is 14.5 Å². The van der Waals surface area contributed by atoms with E-state index in [-0.39, 0.29) is 17.9 Å². The van der Waals surface area contributed by atoms with Crippen molar-refractivity contribution >= 4 is 11.8 Å². The number of likely N-dealkylation sites (tertiary alicyclic amines) is 1. The summed E-state index contributed by atoms with van der Waals surface area (Å²) in [5.41, 5.74) is 1.65. The number of nitrogens with zero attached hydrogens (tertiary/aromatic N) is 2. The fourth-order valence-electron chi connectivity index (χ4n) is 7.16. The third-order valence-electron chi connectivity index (χ3n) is 8.23. The van der Waals surface area contributed by atoms with Crippen LogP contribution in [0.4, 0.5) is 0 Å². The average Bonchev–Trinajstić information content (AvgIpc) is 3.11. The van der Waals surface area contributed by atoms with E-state index in [2.05, 4.69) is 17.1 Å². The summed E-state index contributed by atoms with van der Waals surface area (Å²) >= 11 is 0. The Bertz CT molecular complexity index is 634. The highest BCUT2D eigenvalue weighted by atomic mass is 16.2. The van der Waals surface area contributed by atoms with Crippen LogP contribution >= 0.6 is 0 Å². The van der Waals surface area contributed by atoms with Gasteiger partial charge in [-0.05, 0) is 94.4 Å². The number of carbonyl (C=O) groups excluding carboxylic acids is 2. The lowest BCUT2D eigenvalue weighted by molar-refractivity contribution is -0.133. The number of hydrogen-bond donors (Lipinski definition) is 1. The predicted molar refractivity (Wildman–Crippen MR) is 115 cm³/mol. The molecule has 4 aliphatic carbocycles. The first-order valence-corrected chi connectivity index (χ1v) is 11.8. The van der Waals surface area contributed by atoms with Crippen LogP contribution in [0.2, 0.25) is 0 Å². The van der Waals surface area contributed by atoms with E-state index >= 15 is 0 Å². The van der Waals surface area contributed by atoms with Crippen molar-refractivity contribution in [2.45, 2.75) is 70.8 Å². The van der Waals surface area contributed by atoms with Gasteiger partial charge in [0.05, 0.1) is 6.04 Å².